The van der Waals surface area contributed by atoms with Crippen molar-refractivity contribution >= 4 is 19.7 Å². The van der Waals surface area contributed by atoms with Crippen LogP contribution in [0, 0.1) is 0 Å². The first-order chi connectivity index (χ1) is 8.38. The summed E-state index contributed by atoms with van der Waals surface area (Å²) < 4.78 is 30.0. The molecule has 0 aromatic carbocycles. The van der Waals surface area contributed by atoms with Gasteiger partial charge in [-0.1, -0.05) is 0 Å². The van der Waals surface area contributed by atoms with Crippen molar-refractivity contribution in [3.05, 3.63) is 5.82 Å². The summed E-state index contributed by atoms with van der Waals surface area (Å²) in [7, 11) is 3.06. The first-order valence-corrected chi connectivity index (χ1v) is 8.14. The van der Waals surface area contributed by atoms with Gasteiger partial charge in [-0.3, -0.25) is 4.57 Å². The minimum absolute atomic E-state index is 0.233. The van der Waals surface area contributed by atoms with Crippen molar-refractivity contribution < 1.29 is 13.2 Å². The second-order valence-electron chi connectivity index (χ2n) is 5.98. The van der Waals surface area contributed by atoms with E-state index in [4.69, 9.17) is 15.4 Å². The molecule has 1 aromatic heterocycles. The van der Waals surface area contributed by atoms with Gasteiger partial charge < -0.3 is 4.74 Å². The van der Waals surface area contributed by atoms with Crippen molar-refractivity contribution in [3.8, 4) is 0 Å². The van der Waals surface area contributed by atoms with Crippen LogP contribution in [0.15, 0.2) is 5.16 Å². The standard InChI is InChI=1S/C11H20ClN3O3S/c1-10(2,3)15-8(7-11(4,5)18-6)13-14-9(15)19(12,16)17/h7H2,1-6H3. The van der Waals surface area contributed by atoms with Crippen LogP contribution in [0.25, 0.3) is 0 Å². The van der Waals surface area contributed by atoms with Gasteiger partial charge in [0.05, 0.1) is 5.60 Å². The number of methoxy groups -OCH3 is 1. The molecule has 8 heteroatoms. The first-order valence-electron chi connectivity index (χ1n) is 5.83. The fourth-order valence-corrected chi connectivity index (χ4v) is 2.73. The topological polar surface area (TPSA) is 74.1 Å². The molecule has 0 aliphatic rings. The smallest absolute Gasteiger partial charge is 0.296 e. The molecule has 1 rings (SSSR count). The summed E-state index contributed by atoms with van der Waals surface area (Å²) in [5, 5.41) is 7.43. The van der Waals surface area contributed by atoms with E-state index in [1.54, 1.807) is 7.11 Å². The molecule has 0 bridgehead atoms. The Morgan fingerprint density at radius 1 is 1.21 bits per heavy atom. The van der Waals surface area contributed by atoms with Gasteiger partial charge in [-0.15, -0.1) is 10.2 Å². The van der Waals surface area contributed by atoms with Crippen molar-refractivity contribution in [3.63, 3.8) is 0 Å². The largest absolute Gasteiger partial charge is 0.378 e. The minimum Gasteiger partial charge on any atom is -0.378 e. The number of halogens is 1. The van der Waals surface area contributed by atoms with Gasteiger partial charge in [0.15, 0.2) is 0 Å². The second kappa shape index (κ2) is 5.03. The zero-order valence-corrected chi connectivity index (χ0v) is 13.6. The maximum Gasteiger partial charge on any atom is 0.296 e. The summed E-state index contributed by atoms with van der Waals surface area (Å²) in [6.45, 7) is 9.38. The highest BCUT2D eigenvalue weighted by Gasteiger charge is 2.32. The molecule has 0 unspecified atom stereocenters. The maximum absolute atomic E-state index is 11.6. The third kappa shape index (κ3) is 3.90. The van der Waals surface area contributed by atoms with E-state index in [9.17, 15) is 8.42 Å². The lowest BCUT2D eigenvalue weighted by Crippen LogP contribution is -2.32. The molecule has 1 heterocycles. The minimum atomic E-state index is -3.94. The highest BCUT2D eigenvalue weighted by atomic mass is 35.7. The van der Waals surface area contributed by atoms with E-state index in [-0.39, 0.29) is 5.16 Å². The van der Waals surface area contributed by atoms with Gasteiger partial charge in [-0.05, 0) is 34.6 Å². The third-order valence-electron chi connectivity index (χ3n) is 2.73. The van der Waals surface area contributed by atoms with Gasteiger partial charge in [-0.2, -0.15) is 0 Å². The van der Waals surface area contributed by atoms with Crippen LogP contribution < -0.4 is 0 Å². The van der Waals surface area contributed by atoms with Crippen LogP contribution in [0.1, 0.15) is 40.4 Å². The number of rotatable bonds is 4. The van der Waals surface area contributed by atoms with Crippen molar-refractivity contribution in [1.29, 1.82) is 0 Å². The summed E-state index contributed by atoms with van der Waals surface area (Å²) >= 11 is 0. The van der Waals surface area contributed by atoms with Gasteiger partial charge in [0.1, 0.15) is 5.82 Å². The van der Waals surface area contributed by atoms with Crippen molar-refractivity contribution in [2.24, 2.45) is 0 Å². The lowest BCUT2D eigenvalue weighted by atomic mass is 10.0. The molecule has 0 aliphatic carbocycles. The molecule has 6 nitrogen and oxygen atoms in total. The van der Waals surface area contributed by atoms with Crippen LogP contribution >= 0.6 is 10.7 Å². The molecule has 110 valence electrons. The fraction of sp³-hybridized carbons (Fsp3) is 0.818. The Morgan fingerprint density at radius 2 is 1.74 bits per heavy atom. The van der Waals surface area contributed by atoms with E-state index >= 15 is 0 Å². The quantitative estimate of drug-likeness (QED) is 0.794. The SMILES string of the molecule is COC(C)(C)Cc1nnc(S(=O)(=O)Cl)n1C(C)(C)C. The first kappa shape index (κ1) is 16.4. The highest BCUT2D eigenvalue weighted by Crippen LogP contribution is 2.26. The van der Waals surface area contributed by atoms with Gasteiger partial charge in [0, 0.05) is 29.8 Å². The van der Waals surface area contributed by atoms with E-state index < -0.39 is 20.2 Å². The number of nitrogens with zero attached hydrogens (tertiary/aromatic N) is 3. The van der Waals surface area contributed by atoms with E-state index in [2.05, 4.69) is 10.2 Å². The average Bonchev–Trinajstić information content (AvgIpc) is 2.59. The summed E-state index contributed by atoms with van der Waals surface area (Å²) in [5.74, 6) is 0.526. The van der Waals surface area contributed by atoms with E-state index in [0.717, 1.165) is 0 Å². The van der Waals surface area contributed by atoms with Crippen LogP contribution in [0.4, 0.5) is 0 Å². The fourth-order valence-electron chi connectivity index (χ4n) is 1.70. The Morgan fingerprint density at radius 3 is 2.11 bits per heavy atom. The number of hydrogen-bond acceptors (Lipinski definition) is 5. The molecule has 0 N–H and O–H groups in total. The van der Waals surface area contributed by atoms with Gasteiger partial charge in [0.25, 0.3) is 14.2 Å². The summed E-state index contributed by atoms with van der Waals surface area (Å²) in [4.78, 5) is 0. The van der Waals surface area contributed by atoms with E-state index in [1.807, 2.05) is 34.6 Å². The Kier molecular flexibility index (Phi) is 4.34. The maximum atomic E-state index is 11.6. The predicted octanol–water partition coefficient (Wildman–Crippen LogP) is 1.93. The van der Waals surface area contributed by atoms with Crippen molar-refractivity contribution in [2.75, 3.05) is 7.11 Å². The number of hydrogen-bond donors (Lipinski definition) is 0. The molecule has 0 saturated heterocycles. The molecule has 0 atom stereocenters. The molecule has 0 amide bonds. The molecule has 1 aromatic rings. The molecule has 0 radical (unpaired) electrons. The zero-order chi connectivity index (χ0) is 15.1. The highest BCUT2D eigenvalue weighted by molar-refractivity contribution is 8.13. The Balaban J connectivity index is 3.40. The lowest BCUT2D eigenvalue weighted by molar-refractivity contribution is 0.0200. The van der Waals surface area contributed by atoms with E-state index in [0.29, 0.717) is 12.2 Å². The second-order valence-corrected chi connectivity index (χ2v) is 8.44. The number of ether oxygens (including phenoxy) is 1. The zero-order valence-electron chi connectivity index (χ0n) is 12.1. The third-order valence-corrected chi connectivity index (χ3v) is 3.84. The Hall–Kier alpha value is -0.660. The normalized spacial score (nSPS) is 13.8. The molecule has 0 saturated carbocycles. The molecular formula is C11H20ClN3O3S. The van der Waals surface area contributed by atoms with Crippen LogP contribution in [0.3, 0.4) is 0 Å². The van der Waals surface area contributed by atoms with Crippen LogP contribution in [0.5, 0.6) is 0 Å². The van der Waals surface area contributed by atoms with Crippen molar-refractivity contribution in [1.82, 2.24) is 14.8 Å². The van der Waals surface area contributed by atoms with Crippen molar-refractivity contribution in [2.45, 2.75) is 57.3 Å². The predicted molar refractivity (Wildman–Crippen MR) is 72.8 cm³/mol. The van der Waals surface area contributed by atoms with Crippen LogP contribution in [0.2, 0.25) is 0 Å². The Labute approximate surface area is 118 Å². The van der Waals surface area contributed by atoms with E-state index in [1.165, 1.54) is 4.57 Å². The molecular weight excluding hydrogens is 290 g/mol. The molecule has 19 heavy (non-hydrogen) atoms. The molecule has 0 spiro atoms. The number of aromatic nitrogens is 3. The Bertz CT molecular complexity index is 558. The lowest BCUT2D eigenvalue weighted by Gasteiger charge is -2.27. The van der Waals surface area contributed by atoms with Crippen LogP contribution in [-0.2, 0) is 25.7 Å². The van der Waals surface area contributed by atoms with Gasteiger partial charge in [0.2, 0.25) is 0 Å². The average molecular weight is 310 g/mol. The molecule has 0 aliphatic heterocycles. The molecule has 0 fully saturated rings. The monoisotopic (exact) mass is 309 g/mol. The summed E-state index contributed by atoms with van der Waals surface area (Å²) in [5.41, 5.74) is -0.969. The van der Waals surface area contributed by atoms with Gasteiger partial charge in [-0.25, -0.2) is 8.42 Å². The van der Waals surface area contributed by atoms with Gasteiger partial charge >= 0.3 is 0 Å². The summed E-state index contributed by atoms with van der Waals surface area (Å²) in [6, 6.07) is 0. The van der Waals surface area contributed by atoms with Crippen LogP contribution in [-0.4, -0.2) is 35.9 Å². The summed E-state index contributed by atoms with van der Waals surface area (Å²) in [6.07, 6.45) is 0.431.